The van der Waals surface area contributed by atoms with E-state index < -0.39 is 117 Å². The van der Waals surface area contributed by atoms with Crippen molar-refractivity contribution in [1.82, 2.24) is 0 Å². The van der Waals surface area contributed by atoms with Crippen LogP contribution < -0.4 is 4.74 Å². The van der Waals surface area contributed by atoms with Gasteiger partial charge in [0.05, 0.1) is 44.7 Å². The van der Waals surface area contributed by atoms with E-state index in [1.54, 1.807) is 44.4 Å². The highest BCUT2D eigenvalue weighted by atomic mass is 16.8. The molecule has 0 radical (unpaired) electrons. The number of hydrogen-bond acceptors (Lipinski definition) is 16. The first-order valence-corrected chi connectivity index (χ1v) is 15.3. The first-order chi connectivity index (χ1) is 22.5. The molecule has 1 saturated carbocycles. The van der Waals surface area contributed by atoms with Crippen LogP contribution in [0.5, 0.6) is 5.75 Å². The highest BCUT2D eigenvalue weighted by Gasteiger charge is 2.77. The highest BCUT2D eigenvalue weighted by molar-refractivity contribution is 5.87. The maximum absolute atomic E-state index is 12.6. The monoisotopic (exact) mass is 668 g/mol. The van der Waals surface area contributed by atoms with Gasteiger partial charge in [-0.3, -0.25) is 0 Å². The number of aliphatic hydroxyl groups is 7. The summed E-state index contributed by atoms with van der Waals surface area (Å²) < 4.78 is 45.5. The van der Waals surface area contributed by atoms with Gasteiger partial charge in [0.25, 0.3) is 0 Å². The minimum absolute atomic E-state index is 0.473. The number of carbonyl (C=O) groups excluding carboxylic acids is 1. The molecule has 47 heavy (non-hydrogen) atoms. The van der Waals surface area contributed by atoms with Crippen LogP contribution in [0.1, 0.15) is 12.5 Å². The van der Waals surface area contributed by atoms with Crippen LogP contribution in [0.2, 0.25) is 0 Å². The van der Waals surface area contributed by atoms with E-state index in [9.17, 15) is 40.5 Å². The smallest absolute Gasteiger partial charge is 0.331 e. The summed E-state index contributed by atoms with van der Waals surface area (Å²) in [5.41, 5.74) is -0.499. The summed E-state index contributed by atoms with van der Waals surface area (Å²) in [6.07, 6.45) is -11.4. The number of fused-ring (bicyclic) bond motifs is 3. The number of carbonyl (C=O) groups is 1. The van der Waals surface area contributed by atoms with Gasteiger partial charge in [-0.2, -0.15) is 0 Å². The van der Waals surface area contributed by atoms with E-state index in [0.29, 0.717) is 11.3 Å². The lowest BCUT2D eigenvalue weighted by atomic mass is 9.85. The van der Waals surface area contributed by atoms with E-state index in [2.05, 4.69) is 0 Å². The van der Waals surface area contributed by atoms with E-state index in [-0.39, 0.29) is 0 Å². The van der Waals surface area contributed by atoms with Crippen molar-refractivity contribution >= 4 is 12.0 Å². The zero-order valence-corrected chi connectivity index (χ0v) is 25.5. The molecule has 0 unspecified atom stereocenters. The number of benzene rings is 1. The van der Waals surface area contributed by atoms with Gasteiger partial charge in [0.15, 0.2) is 18.7 Å². The average molecular weight is 669 g/mol. The first-order valence-electron chi connectivity index (χ1n) is 15.3. The Kier molecular flexibility index (Phi) is 9.93. The molecule has 4 heterocycles. The van der Waals surface area contributed by atoms with E-state index in [0.717, 1.165) is 0 Å². The van der Waals surface area contributed by atoms with Crippen LogP contribution in [0.25, 0.3) is 6.08 Å². The second kappa shape index (κ2) is 13.7. The molecule has 6 rings (SSSR count). The third-order valence-corrected chi connectivity index (χ3v) is 9.45. The van der Waals surface area contributed by atoms with Crippen molar-refractivity contribution in [2.75, 3.05) is 20.3 Å². The molecule has 0 aromatic heterocycles. The summed E-state index contributed by atoms with van der Waals surface area (Å²) in [5, 5.41) is 72.6. The number of ether oxygens (including phenoxy) is 8. The third-order valence-electron chi connectivity index (χ3n) is 9.45. The molecule has 5 aliphatic rings. The summed E-state index contributed by atoms with van der Waals surface area (Å²) in [6.45, 7) is 0.427. The van der Waals surface area contributed by atoms with Crippen molar-refractivity contribution in [3.8, 4) is 5.75 Å². The molecule has 0 spiro atoms. The zero-order valence-electron chi connectivity index (χ0n) is 25.5. The van der Waals surface area contributed by atoms with Crippen LogP contribution in [0.15, 0.2) is 42.7 Å². The van der Waals surface area contributed by atoms with E-state index in [4.69, 9.17) is 37.9 Å². The maximum Gasteiger partial charge on any atom is 0.331 e. The topological polar surface area (TPSA) is 236 Å². The lowest BCUT2D eigenvalue weighted by Crippen LogP contribution is -2.60. The number of esters is 1. The molecule has 260 valence electrons. The average Bonchev–Trinajstić information content (AvgIpc) is 3.75. The standard InChI is InChI=1S/C31H40O16/c1-13-25(44-18(34)8-5-14-3-6-15(40-2)7-4-14)22(37)24(39)29(42-13)45-26-16-9-10-41-28(19(16)31(12-33)27(26)47-31)46-30-23(38)21(36)20(35)17(11-32)43-30/h3-10,13,16-17,19-30,32-33,35-39H,11-12H2,1-2H3/t13-,16-,17+,19-,20+,21-,22-,23+,24+,25-,26-,27+,28-,29-,30-,31-/m0/s1. The fourth-order valence-corrected chi connectivity index (χ4v) is 6.80. The Bertz CT molecular complexity index is 1300. The van der Waals surface area contributed by atoms with Crippen molar-refractivity contribution in [3.63, 3.8) is 0 Å². The van der Waals surface area contributed by atoms with Crippen LogP contribution in [0.4, 0.5) is 0 Å². The first kappa shape index (κ1) is 34.2. The molecule has 1 aliphatic carbocycles. The van der Waals surface area contributed by atoms with Gasteiger partial charge < -0.3 is 73.6 Å². The van der Waals surface area contributed by atoms with Gasteiger partial charge in [0.1, 0.15) is 54.1 Å². The molecule has 4 aliphatic heterocycles. The van der Waals surface area contributed by atoms with Crippen LogP contribution in [0.3, 0.4) is 0 Å². The largest absolute Gasteiger partial charge is 0.497 e. The van der Waals surface area contributed by atoms with Crippen molar-refractivity contribution in [2.24, 2.45) is 11.8 Å². The van der Waals surface area contributed by atoms with Gasteiger partial charge in [-0.1, -0.05) is 12.1 Å². The predicted octanol–water partition coefficient (Wildman–Crippen LogP) is -2.47. The molecule has 16 atom stereocenters. The quantitative estimate of drug-likeness (QED) is 0.0777. The normalized spacial score (nSPS) is 45.6. The predicted molar refractivity (Wildman–Crippen MR) is 154 cm³/mol. The fraction of sp³-hybridized carbons (Fsp3) is 0.645. The van der Waals surface area contributed by atoms with Gasteiger partial charge in [-0.15, -0.1) is 0 Å². The van der Waals surface area contributed by atoms with E-state index >= 15 is 0 Å². The summed E-state index contributed by atoms with van der Waals surface area (Å²) in [7, 11) is 1.54. The van der Waals surface area contributed by atoms with Gasteiger partial charge in [0, 0.05) is 12.0 Å². The van der Waals surface area contributed by atoms with Crippen molar-refractivity contribution in [1.29, 1.82) is 0 Å². The number of epoxide rings is 1. The Hall–Kier alpha value is -2.71. The lowest BCUT2D eigenvalue weighted by Gasteiger charge is -2.44. The van der Waals surface area contributed by atoms with Crippen LogP contribution in [-0.2, 0) is 38.0 Å². The fourth-order valence-electron chi connectivity index (χ4n) is 6.80. The summed E-state index contributed by atoms with van der Waals surface area (Å²) in [5.74, 6) is -1.40. The van der Waals surface area contributed by atoms with E-state index in [1.165, 1.54) is 18.4 Å². The minimum atomic E-state index is -1.69. The molecule has 7 N–H and O–H groups in total. The SMILES string of the molecule is COc1ccc(C=CC(=O)O[C@@H]2[C@@H](O)[C@@H](O)[C@H](O[C@H]3[C@H]4C=CO[C@@H](O[C@@H]5O[C@H](CO)[C@@H](O)[C@H](O)[C@H]5O)[C@H]4[C@]4(CO)O[C@H]34)O[C@H]2C)cc1. The molecule has 16 heteroatoms. The van der Waals surface area contributed by atoms with Crippen LogP contribution in [0, 0.1) is 11.8 Å². The Labute approximate surface area is 269 Å². The molecular formula is C31H40O16. The third kappa shape index (κ3) is 6.29. The Morgan fingerprint density at radius 3 is 2.28 bits per heavy atom. The minimum Gasteiger partial charge on any atom is -0.497 e. The van der Waals surface area contributed by atoms with Gasteiger partial charge in [-0.25, -0.2) is 4.79 Å². The van der Waals surface area contributed by atoms with Crippen LogP contribution in [-0.4, -0.2) is 148 Å². The zero-order chi connectivity index (χ0) is 33.6. The molecule has 0 amide bonds. The Balaban J connectivity index is 1.10. The summed E-state index contributed by atoms with van der Waals surface area (Å²) in [6, 6.07) is 6.95. The van der Waals surface area contributed by atoms with Crippen molar-refractivity contribution in [2.45, 2.75) is 92.4 Å². The van der Waals surface area contributed by atoms with Crippen molar-refractivity contribution in [3.05, 3.63) is 48.2 Å². The maximum atomic E-state index is 12.6. The molecule has 3 saturated heterocycles. The summed E-state index contributed by atoms with van der Waals surface area (Å²) >= 11 is 0. The van der Waals surface area contributed by atoms with Crippen molar-refractivity contribution < 1.29 is 78.4 Å². The van der Waals surface area contributed by atoms with Gasteiger partial charge >= 0.3 is 5.97 Å². The number of hydrogen-bond donors (Lipinski definition) is 7. The molecule has 1 aromatic carbocycles. The number of methoxy groups -OCH3 is 1. The second-order valence-corrected chi connectivity index (χ2v) is 12.2. The van der Waals surface area contributed by atoms with Gasteiger partial charge in [-0.05, 0) is 36.8 Å². The molecule has 1 aromatic rings. The van der Waals surface area contributed by atoms with Crippen LogP contribution >= 0.6 is 0 Å². The molecule has 16 nitrogen and oxygen atoms in total. The van der Waals surface area contributed by atoms with E-state index in [1.807, 2.05) is 0 Å². The van der Waals surface area contributed by atoms with Gasteiger partial charge in [0.2, 0.25) is 6.29 Å². The number of aliphatic hydroxyl groups excluding tert-OH is 7. The lowest BCUT2D eigenvalue weighted by molar-refractivity contribution is -0.347. The second-order valence-electron chi connectivity index (χ2n) is 12.2. The molecular weight excluding hydrogens is 628 g/mol. The number of rotatable bonds is 10. The Morgan fingerprint density at radius 2 is 1.60 bits per heavy atom. The highest BCUT2D eigenvalue weighted by Crippen LogP contribution is 2.61. The Morgan fingerprint density at radius 1 is 0.894 bits per heavy atom. The molecule has 0 bridgehead atoms. The molecule has 4 fully saturated rings. The summed E-state index contributed by atoms with van der Waals surface area (Å²) in [4.78, 5) is 12.6.